The SMILES string of the molecule is COc1ccc(CC2=NN3C(=N)/C(=C\c4ccc(Br)o4)C(=O)N=C3S2)cc1OC. The van der Waals surface area contributed by atoms with E-state index in [0.29, 0.717) is 33.5 Å². The summed E-state index contributed by atoms with van der Waals surface area (Å²) in [6.45, 7) is 0. The topological polar surface area (TPSA) is 100 Å². The number of hydrazone groups is 1. The van der Waals surface area contributed by atoms with Gasteiger partial charge in [0.15, 0.2) is 22.0 Å². The molecule has 2 aliphatic heterocycles. The van der Waals surface area contributed by atoms with E-state index in [0.717, 1.165) is 10.6 Å². The van der Waals surface area contributed by atoms with Crippen LogP contribution < -0.4 is 9.47 Å². The highest BCUT2D eigenvalue weighted by Crippen LogP contribution is 2.32. The molecule has 4 rings (SSSR count). The van der Waals surface area contributed by atoms with E-state index in [4.69, 9.17) is 19.3 Å². The summed E-state index contributed by atoms with van der Waals surface area (Å²) in [6.07, 6.45) is 1.99. The Kier molecular flexibility index (Phi) is 5.29. The van der Waals surface area contributed by atoms with Gasteiger partial charge in [0.25, 0.3) is 5.91 Å². The number of amides is 1. The number of carbonyl (C=O) groups is 1. The molecule has 2 aliphatic rings. The molecule has 1 aromatic carbocycles. The van der Waals surface area contributed by atoms with Crippen LogP contribution in [0.2, 0.25) is 0 Å². The number of halogens is 1. The van der Waals surface area contributed by atoms with E-state index in [2.05, 4.69) is 26.0 Å². The summed E-state index contributed by atoms with van der Waals surface area (Å²) >= 11 is 4.48. The molecule has 0 fully saturated rings. The van der Waals surface area contributed by atoms with Crippen LogP contribution in [-0.4, -0.2) is 41.2 Å². The Morgan fingerprint density at radius 2 is 2.03 bits per heavy atom. The molecule has 0 spiro atoms. The smallest absolute Gasteiger partial charge is 0.283 e. The van der Waals surface area contributed by atoms with E-state index in [1.54, 1.807) is 26.4 Å². The molecular formula is C19H15BrN4O4S. The molecule has 0 unspecified atom stereocenters. The molecule has 1 aromatic heterocycles. The predicted octanol–water partition coefficient (Wildman–Crippen LogP) is 3.92. The summed E-state index contributed by atoms with van der Waals surface area (Å²) in [4.78, 5) is 16.5. The number of thioether (sulfide) groups is 1. The molecule has 0 radical (unpaired) electrons. The highest BCUT2D eigenvalue weighted by atomic mass is 79.9. The molecular weight excluding hydrogens is 460 g/mol. The Bertz CT molecular complexity index is 1110. The van der Waals surface area contributed by atoms with Gasteiger partial charge in [-0.15, -0.1) is 0 Å². The van der Waals surface area contributed by atoms with Crippen LogP contribution in [-0.2, 0) is 11.2 Å². The third-order valence-electron chi connectivity index (χ3n) is 4.18. The highest BCUT2D eigenvalue weighted by Gasteiger charge is 2.35. The third-order valence-corrected chi connectivity index (χ3v) is 5.51. The first-order chi connectivity index (χ1) is 14.0. The van der Waals surface area contributed by atoms with Crippen molar-refractivity contribution < 1.29 is 18.7 Å². The van der Waals surface area contributed by atoms with Gasteiger partial charge in [0.2, 0.25) is 5.17 Å². The number of carbonyl (C=O) groups excluding carboxylic acids is 1. The standard InChI is InChI=1S/C19H15BrN4O4S/c1-26-13-5-3-10(7-14(13)27-2)8-16-23-24-17(21)12(18(25)22-19(24)29-16)9-11-4-6-15(20)28-11/h3-7,9,21H,8H2,1-2H3/b12-9+,21-17?. The molecule has 0 atom stereocenters. The summed E-state index contributed by atoms with van der Waals surface area (Å²) in [7, 11) is 3.16. The van der Waals surface area contributed by atoms with Crippen molar-refractivity contribution in [3.8, 4) is 11.5 Å². The van der Waals surface area contributed by atoms with Crippen molar-refractivity contribution in [3.05, 3.63) is 51.9 Å². The quantitative estimate of drug-likeness (QED) is 0.658. The molecule has 0 aliphatic carbocycles. The molecule has 8 nitrogen and oxygen atoms in total. The molecule has 3 heterocycles. The maximum absolute atomic E-state index is 12.4. The van der Waals surface area contributed by atoms with Crippen molar-refractivity contribution >= 4 is 55.7 Å². The Morgan fingerprint density at radius 3 is 2.72 bits per heavy atom. The fourth-order valence-corrected chi connectivity index (χ4v) is 4.05. The Labute approximate surface area is 178 Å². The predicted molar refractivity (Wildman–Crippen MR) is 115 cm³/mol. The van der Waals surface area contributed by atoms with Gasteiger partial charge >= 0.3 is 0 Å². The van der Waals surface area contributed by atoms with Gasteiger partial charge in [-0.05, 0) is 63.6 Å². The Morgan fingerprint density at radius 1 is 1.24 bits per heavy atom. The number of rotatable bonds is 5. The minimum atomic E-state index is -0.496. The van der Waals surface area contributed by atoms with E-state index in [1.165, 1.54) is 22.8 Å². The lowest BCUT2D eigenvalue weighted by Crippen LogP contribution is -2.35. The van der Waals surface area contributed by atoms with Crippen LogP contribution in [0.5, 0.6) is 11.5 Å². The van der Waals surface area contributed by atoms with Crippen LogP contribution in [0.25, 0.3) is 6.08 Å². The van der Waals surface area contributed by atoms with Crippen LogP contribution in [0, 0.1) is 5.41 Å². The molecule has 29 heavy (non-hydrogen) atoms. The number of ether oxygens (including phenoxy) is 2. The van der Waals surface area contributed by atoms with Crippen LogP contribution >= 0.6 is 27.7 Å². The van der Waals surface area contributed by atoms with Crippen molar-refractivity contribution in [2.24, 2.45) is 10.1 Å². The summed E-state index contributed by atoms with van der Waals surface area (Å²) < 4.78 is 16.5. The van der Waals surface area contributed by atoms with Crippen LogP contribution in [0.1, 0.15) is 11.3 Å². The Balaban J connectivity index is 1.58. The minimum Gasteiger partial charge on any atom is -0.493 e. The van der Waals surface area contributed by atoms with Gasteiger partial charge in [0, 0.05) is 6.42 Å². The van der Waals surface area contributed by atoms with E-state index in [-0.39, 0.29) is 11.4 Å². The second kappa shape index (κ2) is 7.88. The average Bonchev–Trinajstić information content (AvgIpc) is 3.30. The second-order valence-corrected chi connectivity index (χ2v) is 7.84. The maximum atomic E-state index is 12.4. The van der Waals surface area contributed by atoms with E-state index < -0.39 is 5.91 Å². The fourth-order valence-electron chi connectivity index (χ4n) is 2.82. The zero-order chi connectivity index (χ0) is 20.5. The number of furan rings is 1. The first kappa shape index (κ1) is 19.5. The molecule has 1 N–H and O–H groups in total. The van der Waals surface area contributed by atoms with Gasteiger partial charge in [-0.2, -0.15) is 15.1 Å². The number of amidine groups is 2. The van der Waals surface area contributed by atoms with Gasteiger partial charge in [-0.3, -0.25) is 10.2 Å². The summed E-state index contributed by atoms with van der Waals surface area (Å²) in [5.74, 6) is 1.18. The number of hydrogen-bond acceptors (Lipinski definition) is 7. The lowest BCUT2D eigenvalue weighted by molar-refractivity contribution is -0.114. The van der Waals surface area contributed by atoms with E-state index in [9.17, 15) is 4.79 Å². The first-order valence-corrected chi connectivity index (χ1v) is 10.0. The van der Waals surface area contributed by atoms with Crippen molar-refractivity contribution in [1.82, 2.24) is 5.01 Å². The van der Waals surface area contributed by atoms with Gasteiger partial charge in [-0.25, -0.2) is 0 Å². The zero-order valence-corrected chi connectivity index (χ0v) is 17.8. The zero-order valence-electron chi connectivity index (χ0n) is 15.4. The first-order valence-electron chi connectivity index (χ1n) is 8.44. The number of fused-ring (bicyclic) bond motifs is 1. The second-order valence-electron chi connectivity index (χ2n) is 6.02. The maximum Gasteiger partial charge on any atom is 0.283 e. The minimum absolute atomic E-state index is 0.0395. The summed E-state index contributed by atoms with van der Waals surface area (Å²) in [6, 6.07) is 9.02. The van der Waals surface area contributed by atoms with Gasteiger partial charge < -0.3 is 13.9 Å². The molecule has 0 bridgehead atoms. The largest absolute Gasteiger partial charge is 0.493 e. The summed E-state index contributed by atoms with van der Waals surface area (Å²) in [5, 5.41) is 15.3. The normalized spacial score (nSPS) is 17.3. The third kappa shape index (κ3) is 3.85. The highest BCUT2D eigenvalue weighted by molar-refractivity contribution is 9.10. The van der Waals surface area contributed by atoms with Crippen LogP contribution in [0.15, 0.2) is 55.1 Å². The van der Waals surface area contributed by atoms with Gasteiger partial charge in [0.05, 0.1) is 19.8 Å². The Hall–Kier alpha value is -2.85. The number of benzene rings is 1. The van der Waals surface area contributed by atoms with E-state index in [1.807, 2.05) is 18.2 Å². The summed E-state index contributed by atoms with van der Waals surface area (Å²) in [5.41, 5.74) is 1.08. The number of hydrogen-bond donors (Lipinski definition) is 1. The monoisotopic (exact) mass is 474 g/mol. The number of methoxy groups -OCH3 is 2. The molecule has 1 amide bonds. The molecule has 148 valence electrons. The van der Waals surface area contributed by atoms with Gasteiger partial charge in [-0.1, -0.05) is 6.07 Å². The van der Waals surface area contributed by atoms with Crippen molar-refractivity contribution in [2.45, 2.75) is 6.42 Å². The molecule has 0 saturated heterocycles. The van der Waals surface area contributed by atoms with Crippen LogP contribution in [0.3, 0.4) is 0 Å². The number of nitrogens with zero attached hydrogens (tertiary/aromatic N) is 3. The fraction of sp³-hybridized carbons (Fsp3) is 0.158. The van der Waals surface area contributed by atoms with Gasteiger partial charge in [0.1, 0.15) is 10.8 Å². The number of aliphatic imine (C=N–C) groups is 1. The lowest BCUT2D eigenvalue weighted by Gasteiger charge is -2.19. The molecule has 2 aromatic rings. The van der Waals surface area contributed by atoms with Crippen molar-refractivity contribution in [1.29, 1.82) is 5.41 Å². The lowest BCUT2D eigenvalue weighted by atomic mass is 10.1. The van der Waals surface area contributed by atoms with E-state index >= 15 is 0 Å². The van der Waals surface area contributed by atoms with Crippen molar-refractivity contribution in [3.63, 3.8) is 0 Å². The van der Waals surface area contributed by atoms with Crippen LogP contribution in [0.4, 0.5) is 0 Å². The number of nitrogens with one attached hydrogen (secondary N) is 1. The van der Waals surface area contributed by atoms with Crippen molar-refractivity contribution in [2.75, 3.05) is 14.2 Å². The molecule has 0 saturated carbocycles. The average molecular weight is 475 g/mol. The molecule has 10 heteroatoms.